The lowest BCUT2D eigenvalue weighted by atomic mass is 10.2. The van der Waals surface area contributed by atoms with E-state index in [0.717, 1.165) is 16.9 Å². The Morgan fingerprint density at radius 3 is 2.40 bits per heavy atom. The molecule has 0 unspecified atom stereocenters. The van der Waals surface area contributed by atoms with Crippen LogP contribution in [0.2, 0.25) is 0 Å². The van der Waals surface area contributed by atoms with Crippen molar-refractivity contribution in [2.24, 2.45) is 0 Å². The fourth-order valence-electron chi connectivity index (χ4n) is 1.42. The molecule has 15 heavy (non-hydrogen) atoms. The molecule has 2 heteroatoms. The molecule has 0 aliphatic carbocycles. The predicted molar refractivity (Wildman–Crippen MR) is 63.2 cm³/mol. The van der Waals surface area contributed by atoms with Gasteiger partial charge in [0.15, 0.2) is 0 Å². The zero-order valence-electron chi connectivity index (χ0n) is 8.72. The SMILES string of the molecule is [CH2]c1ccc(N(C)c2cccnc2)cc1. The maximum Gasteiger partial charge on any atom is 0.0594 e. The summed E-state index contributed by atoms with van der Waals surface area (Å²) in [6.45, 7) is 3.86. The molecule has 0 saturated carbocycles. The summed E-state index contributed by atoms with van der Waals surface area (Å²) in [7, 11) is 2.02. The van der Waals surface area contributed by atoms with Crippen LogP contribution in [0.1, 0.15) is 5.56 Å². The van der Waals surface area contributed by atoms with Crippen molar-refractivity contribution in [1.82, 2.24) is 4.98 Å². The lowest BCUT2D eigenvalue weighted by Crippen LogP contribution is -2.09. The van der Waals surface area contributed by atoms with Crippen molar-refractivity contribution in [3.8, 4) is 0 Å². The Balaban J connectivity index is 2.29. The summed E-state index contributed by atoms with van der Waals surface area (Å²) in [5.74, 6) is 0. The maximum atomic E-state index is 4.09. The summed E-state index contributed by atoms with van der Waals surface area (Å²) in [6.07, 6.45) is 3.62. The van der Waals surface area contributed by atoms with E-state index in [1.807, 2.05) is 37.5 Å². The Morgan fingerprint density at radius 2 is 1.80 bits per heavy atom. The van der Waals surface area contributed by atoms with E-state index in [0.29, 0.717) is 0 Å². The van der Waals surface area contributed by atoms with Gasteiger partial charge in [-0.05, 0) is 36.8 Å². The summed E-state index contributed by atoms with van der Waals surface area (Å²) >= 11 is 0. The number of hydrogen-bond donors (Lipinski definition) is 0. The molecular weight excluding hydrogens is 184 g/mol. The standard InChI is InChI=1S/C13H13N2/c1-11-5-7-12(8-6-11)15(2)13-4-3-9-14-10-13/h3-10H,1H2,2H3. The summed E-state index contributed by atoms with van der Waals surface area (Å²) in [5.41, 5.74) is 3.24. The zero-order valence-corrected chi connectivity index (χ0v) is 8.72. The van der Waals surface area contributed by atoms with E-state index in [1.165, 1.54) is 0 Å². The zero-order chi connectivity index (χ0) is 10.7. The van der Waals surface area contributed by atoms with Crippen molar-refractivity contribution in [2.75, 3.05) is 11.9 Å². The van der Waals surface area contributed by atoms with E-state index in [-0.39, 0.29) is 0 Å². The van der Waals surface area contributed by atoms with Crippen LogP contribution >= 0.6 is 0 Å². The van der Waals surface area contributed by atoms with Crippen LogP contribution in [0.15, 0.2) is 48.8 Å². The second kappa shape index (κ2) is 4.13. The van der Waals surface area contributed by atoms with Crippen molar-refractivity contribution in [1.29, 1.82) is 0 Å². The van der Waals surface area contributed by atoms with Crippen LogP contribution in [0.3, 0.4) is 0 Å². The van der Waals surface area contributed by atoms with Gasteiger partial charge in [0, 0.05) is 18.9 Å². The average molecular weight is 197 g/mol. The Hall–Kier alpha value is -1.83. The monoisotopic (exact) mass is 197 g/mol. The maximum absolute atomic E-state index is 4.09. The van der Waals surface area contributed by atoms with Crippen LogP contribution in [-0.2, 0) is 0 Å². The Kier molecular flexibility index (Phi) is 2.68. The largest absolute Gasteiger partial charge is 0.343 e. The smallest absolute Gasteiger partial charge is 0.0594 e. The number of aromatic nitrogens is 1. The predicted octanol–water partition coefficient (Wildman–Crippen LogP) is 3.03. The fraction of sp³-hybridized carbons (Fsp3) is 0.0769. The molecule has 2 rings (SSSR count). The van der Waals surface area contributed by atoms with Crippen LogP contribution in [0.25, 0.3) is 0 Å². The minimum atomic E-state index is 1.03. The molecule has 1 aromatic heterocycles. The molecule has 0 amide bonds. The first-order chi connectivity index (χ1) is 7.27. The molecule has 0 aliphatic heterocycles. The number of rotatable bonds is 2. The van der Waals surface area contributed by atoms with Crippen molar-refractivity contribution in [3.05, 3.63) is 61.3 Å². The Bertz CT molecular complexity index is 420. The van der Waals surface area contributed by atoms with Gasteiger partial charge in [-0.25, -0.2) is 0 Å². The van der Waals surface area contributed by atoms with Gasteiger partial charge in [-0.2, -0.15) is 0 Å². The highest BCUT2D eigenvalue weighted by Crippen LogP contribution is 2.22. The Labute approximate surface area is 90.2 Å². The number of nitrogens with zero attached hydrogens (tertiary/aromatic N) is 2. The summed E-state index contributed by atoms with van der Waals surface area (Å²) in [4.78, 5) is 6.18. The van der Waals surface area contributed by atoms with Crippen molar-refractivity contribution < 1.29 is 0 Å². The fourth-order valence-corrected chi connectivity index (χ4v) is 1.42. The second-order valence-electron chi connectivity index (χ2n) is 3.44. The van der Waals surface area contributed by atoms with Gasteiger partial charge in [0.05, 0.1) is 11.9 Å². The van der Waals surface area contributed by atoms with Gasteiger partial charge >= 0.3 is 0 Å². The van der Waals surface area contributed by atoms with Gasteiger partial charge in [0.25, 0.3) is 0 Å². The van der Waals surface area contributed by atoms with Crippen molar-refractivity contribution >= 4 is 11.4 Å². The summed E-state index contributed by atoms with van der Waals surface area (Å²) in [6, 6.07) is 12.1. The lowest BCUT2D eigenvalue weighted by molar-refractivity contribution is 1.17. The molecule has 75 valence electrons. The van der Waals surface area contributed by atoms with Crippen LogP contribution in [0, 0.1) is 6.92 Å². The quantitative estimate of drug-likeness (QED) is 0.735. The molecule has 2 aromatic rings. The Morgan fingerprint density at radius 1 is 1.07 bits per heavy atom. The first kappa shape index (κ1) is 9.71. The van der Waals surface area contributed by atoms with Gasteiger partial charge in [0.2, 0.25) is 0 Å². The van der Waals surface area contributed by atoms with Gasteiger partial charge in [-0.1, -0.05) is 12.1 Å². The van der Waals surface area contributed by atoms with Gasteiger partial charge < -0.3 is 4.90 Å². The van der Waals surface area contributed by atoms with Gasteiger partial charge in [-0.15, -0.1) is 0 Å². The van der Waals surface area contributed by atoms with E-state index in [4.69, 9.17) is 0 Å². The third-order valence-corrected chi connectivity index (χ3v) is 2.36. The van der Waals surface area contributed by atoms with Gasteiger partial charge in [-0.3, -0.25) is 4.98 Å². The molecule has 0 spiro atoms. The average Bonchev–Trinajstić information content (AvgIpc) is 2.30. The lowest BCUT2D eigenvalue weighted by Gasteiger charge is -2.18. The van der Waals surface area contributed by atoms with Crippen molar-refractivity contribution in [2.45, 2.75) is 0 Å². The van der Waals surface area contributed by atoms with E-state index >= 15 is 0 Å². The highest BCUT2D eigenvalue weighted by atomic mass is 15.1. The van der Waals surface area contributed by atoms with E-state index in [1.54, 1.807) is 6.20 Å². The molecule has 2 nitrogen and oxygen atoms in total. The molecule has 0 fully saturated rings. The molecule has 0 bridgehead atoms. The number of benzene rings is 1. The van der Waals surface area contributed by atoms with E-state index in [9.17, 15) is 0 Å². The van der Waals surface area contributed by atoms with Crippen LogP contribution in [0.4, 0.5) is 11.4 Å². The van der Waals surface area contributed by atoms with Gasteiger partial charge in [0.1, 0.15) is 0 Å². The van der Waals surface area contributed by atoms with Crippen molar-refractivity contribution in [3.63, 3.8) is 0 Å². The van der Waals surface area contributed by atoms with Crippen LogP contribution in [-0.4, -0.2) is 12.0 Å². The first-order valence-electron chi connectivity index (χ1n) is 4.83. The second-order valence-corrected chi connectivity index (χ2v) is 3.44. The molecular formula is C13H13N2. The minimum absolute atomic E-state index is 1.03. The van der Waals surface area contributed by atoms with E-state index in [2.05, 4.69) is 28.9 Å². The third-order valence-electron chi connectivity index (χ3n) is 2.36. The minimum Gasteiger partial charge on any atom is -0.343 e. The molecule has 1 radical (unpaired) electrons. The van der Waals surface area contributed by atoms with Crippen LogP contribution in [0.5, 0.6) is 0 Å². The van der Waals surface area contributed by atoms with Crippen LogP contribution < -0.4 is 4.90 Å². The van der Waals surface area contributed by atoms with E-state index < -0.39 is 0 Å². The number of anilines is 2. The number of pyridine rings is 1. The summed E-state index contributed by atoms with van der Waals surface area (Å²) in [5, 5.41) is 0. The summed E-state index contributed by atoms with van der Waals surface area (Å²) < 4.78 is 0. The first-order valence-corrected chi connectivity index (χ1v) is 4.83. The molecule has 0 aliphatic rings. The highest BCUT2D eigenvalue weighted by molar-refractivity contribution is 5.61. The number of hydrogen-bond acceptors (Lipinski definition) is 2. The highest BCUT2D eigenvalue weighted by Gasteiger charge is 2.02. The molecule has 1 heterocycles. The molecule has 1 aromatic carbocycles. The molecule has 0 N–H and O–H groups in total. The molecule has 0 saturated heterocycles. The molecule has 0 atom stereocenters. The third kappa shape index (κ3) is 2.15. The topological polar surface area (TPSA) is 16.1 Å². The normalized spacial score (nSPS) is 10.0.